The molecule has 1 aliphatic carbocycles. The van der Waals surface area contributed by atoms with E-state index in [-0.39, 0.29) is 5.92 Å². The molecule has 4 heteroatoms. The average molecular weight is 178 g/mol. The van der Waals surface area contributed by atoms with Crippen LogP contribution in [-0.4, -0.2) is 17.5 Å². The van der Waals surface area contributed by atoms with Crippen LogP contribution in [0.5, 0.6) is 0 Å². The summed E-state index contributed by atoms with van der Waals surface area (Å²) in [5.41, 5.74) is 0. The van der Waals surface area contributed by atoms with E-state index < -0.39 is 18.3 Å². The number of carboxylic acids is 1. The molecule has 12 heavy (non-hydrogen) atoms. The molecule has 0 spiro atoms. The molecule has 0 bridgehead atoms. The lowest BCUT2D eigenvalue weighted by Gasteiger charge is -2.25. The molecule has 1 rings (SSSR count). The average Bonchev–Trinajstić information content (AvgIpc) is 2.04. The van der Waals surface area contributed by atoms with Gasteiger partial charge in [-0.2, -0.15) is 0 Å². The summed E-state index contributed by atoms with van der Waals surface area (Å²) in [5.74, 6) is -1.80. The number of rotatable bonds is 2. The van der Waals surface area contributed by atoms with Gasteiger partial charge >= 0.3 is 5.97 Å². The fourth-order valence-corrected chi connectivity index (χ4v) is 1.62. The maximum Gasteiger partial charge on any atom is 0.306 e. The van der Waals surface area contributed by atoms with Crippen molar-refractivity contribution in [2.45, 2.75) is 32.1 Å². The second-order valence-corrected chi connectivity index (χ2v) is 3.28. The van der Waals surface area contributed by atoms with E-state index in [1.54, 1.807) is 0 Å². The van der Waals surface area contributed by atoms with Crippen LogP contribution < -0.4 is 0 Å². The minimum atomic E-state index is -2.28. The molecule has 0 aromatic carbocycles. The summed E-state index contributed by atoms with van der Waals surface area (Å²) in [6.07, 6.45) is -0.752. The lowest BCUT2D eigenvalue weighted by atomic mass is 9.82. The van der Waals surface area contributed by atoms with Crippen molar-refractivity contribution in [3.63, 3.8) is 0 Å². The van der Waals surface area contributed by atoms with Crippen molar-refractivity contribution in [1.82, 2.24) is 0 Å². The number of aliphatic carboxylic acids is 1. The largest absolute Gasteiger partial charge is 0.481 e. The van der Waals surface area contributed by atoms with Gasteiger partial charge in [-0.1, -0.05) is 0 Å². The Kier molecular flexibility index (Phi) is 3.00. The van der Waals surface area contributed by atoms with Gasteiger partial charge in [-0.05, 0) is 25.7 Å². The lowest BCUT2D eigenvalue weighted by Crippen LogP contribution is -2.24. The van der Waals surface area contributed by atoms with Crippen molar-refractivity contribution in [3.8, 4) is 0 Å². The highest BCUT2D eigenvalue weighted by molar-refractivity contribution is 5.69. The van der Waals surface area contributed by atoms with Crippen LogP contribution in [0.4, 0.5) is 8.78 Å². The Balaban J connectivity index is 2.34. The molecule has 0 radical (unpaired) electrons. The van der Waals surface area contributed by atoms with Crippen LogP contribution in [0.15, 0.2) is 0 Å². The van der Waals surface area contributed by atoms with Gasteiger partial charge in [0.1, 0.15) is 0 Å². The Morgan fingerprint density at radius 2 is 1.75 bits per heavy atom. The van der Waals surface area contributed by atoms with Crippen LogP contribution in [-0.2, 0) is 4.79 Å². The number of carboxylic acid groups (broad SMARTS) is 1. The fraction of sp³-hybridized carbons (Fsp3) is 0.875. The summed E-state index contributed by atoms with van der Waals surface area (Å²) in [7, 11) is 0. The topological polar surface area (TPSA) is 37.3 Å². The van der Waals surface area contributed by atoms with E-state index in [9.17, 15) is 13.6 Å². The summed E-state index contributed by atoms with van der Waals surface area (Å²) in [6, 6.07) is 0. The number of hydrogen-bond acceptors (Lipinski definition) is 1. The maximum atomic E-state index is 12.1. The summed E-state index contributed by atoms with van der Waals surface area (Å²) in [6.45, 7) is 0. The molecule has 1 aliphatic rings. The quantitative estimate of drug-likeness (QED) is 0.703. The maximum absolute atomic E-state index is 12.1. The molecule has 0 heterocycles. The van der Waals surface area contributed by atoms with Gasteiger partial charge in [-0.25, -0.2) is 8.78 Å². The van der Waals surface area contributed by atoms with Crippen molar-refractivity contribution in [3.05, 3.63) is 0 Å². The highest BCUT2D eigenvalue weighted by atomic mass is 19.3. The molecule has 0 unspecified atom stereocenters. The standard InChI is InChI=1S/C8H12F2O2/c9-7(10)5-1-3-6(4-2-5)8(11)12/h5-7H,1-4H2,(H,11,12)/t5-,6-. The Morgan fingerprint density at radius 1 is 1.25 bits per heavy atom. The summed E-state index contributed by atoms with van der Waals surface area (Å²) in [5, 5.41) is 8.58. The molecule has 1 fully saturated rings. The van der Waals surface area contributed by atoms with Gasteiger partial charge < -0.3 is 5.11 Å². The van der Waals surface area contributed by atoms with Gasteiger partial charge in [0.15, 0.2) is 0 Å². The second-order valence-electron chi connectivity index (χ2n) is 3.28. The second kappa shape index (κ2) is 3.83. The third-order valence-corrected chi connectivity index (χ3v) is 2.48. The van der Waals surface area contributed by atoms with Crippen molar-refractivity contribution in [2.24, 2.45) is 11.8 Å². The zero-order chi connectivity index (χ0) is 9.14. The molecule has 0 atom stereocenters. The van der Waals surface area contributed by atoms with Crippen LogP contribution in [0, 0.1) is 11.8 Å². The zero-order valence-corrected chi connectivity index (χ0v) is 6.67. The van der Waals surface area contributed by atoms with Gasteiger partial charge in [0.25, 0.3) is 0 Å². The zero-order valence-electron chi connectivity index (χ0n) is 6.67. The summed E-state index contributed by atoms with van der Waals surface area (Å²) in [4.78, 5) is 10.4. The molecule has 0 aromatic rings. The smallest absolute Gasteiger partial charge is 0.306 e. The Morgan fingerprint density at radius 3 is 2.08 bits per heavy atom. The number of hydrogen-bond donors (Lipinski definition) is 1. The summed E-state index contributed by atoms with van der Waals surface area (Å²) >= 11 is 0. The first-order valence-electron chi connectivity index (χ1n) is 4.12. The van der Waals surface area contributed by atoms with Crippen molar-refractivity contribution in [1.29, 1.82) is 0 Å². The van der Waals surface area contributed by atoms with Crippen molar-refractivity contribution >= 4 is 5.97 Å². The summed E-state index contributed by atoms with van der Waals surface area (Å²) < 4.78 is 24.2. The first-order valence-corrected chi connectivity index (χ1v) is 4.12. The predicted octanol–water partition coefficient (Wildman–Crippen LogP) is 2.14. The first kappa shape index (κ1) is 9.42. The van der Waals surface area contributed by atoms with E-state index in [2.05, 4.69) is 0 Å². The van der Waals surface area contributed by atoms with E-state index in [0.29, 0.717) is 25.7 Å². The number of carbonyl (C=O) groups is 1. The van der Waals surface area contributed by atoms with Crippen molar-refractivity contribution < 1.29 is 18.7 Å². The van der Waals surface area contributed by atoms with Crippen LogP contribution >= 0.6 is 0 Å². The van der Waals surface area contributed by atoms with Crippen LogP contribution in [0.3, 0.4) is 0 Å². The monoisotopic (exact) mass is 178 g/mol. The minimum absolute atomic E-state index is 0.356. The molecular weight excluding hydrogens is 166 g/mol. The third kappa shape index (κ3) is 2.16. The normalized spacial score (nSPS) is 30.6. The van der Waals surface area contributed by atoms with Gasteiger partial charge in [0.05, 0.1) is 5.92 Å². The van der Waals surface area contributed by atoms with Gasteiger partial charge in [-0.15, -0.1) is 0 Å². The van der Waals surface area contributed by atoms with E-state index in [0.717, 1.165) is 0 Å². The first-order chi connectivity index (χ1) is 5.61. The highest BCUT2D eigenvalue weighted by Gasteiger charge is 2.30. The minimum Gasteiger partial charge on any atom is -0.481 e. The van der Waals surface area contributed by atoms with E-state index >= 15 is 0 Å². The molecule has 1 N–H and O–H groups in total. The van der Waals surface area contributed by atoms with Crippen molar-refractivity contribution in [2.75, 3.05) is 0 Å². The molecule has 0 amide bonds. The van der Waals surface area contributed by atoms with Gasteiger partial charge in [-0.3, -0.25) is 4.79 Å². The lowest BCUT2D eigenvalue weighted by molar-refractivity contribution is -0.143. The van der Waals surface area contributed by atoms with Crippen LogP contribution in [0.2, 0.25) is 0 Å². The number of halogens is 2. The molecule has 0 saturated heterocycles. The predicted molar refractivity (Wildman–Crippen MR) is 39.1 cm³/mol. The fourth-order valence-electron chi connectivity index (χ4n) is 1.62. The van der Waals surface area contributed by atoms with Crippen LogP contribution in [0.25, 0.3) is 0 Å². The van der Waals surface area contributed by atoms with Gasteiger partial charge in [0.2, 0.25) is 6.43 Å². The molecule has 1 saturated carbocycles. The Hall–Kier alpha value is -0.670. The molecule has 0 aliphatic heterocycles. The Labute approximate surface area is 69.6 Å². The molecule has 2 nitrogen and oxygen atoms in total. The Bertz CT molecular complexity index is 162. The van der Waals surface area contributed by atoms with Crippen LogP contribution in [0.1, 0.15) is 25.7 Å². The van der Waals surface area contributed by atoms with Gasteiger partial charge in [0, 0.05) is 5.92 Å². The van der Waals surface area contributed by atoms with E-state index in [1.165, 1.54) is 0 Å². The van der Waals surface area contributed by atoms with E-state index in [4.69, 9.17) is 5.11 Å². The highest BCUT2D eigenvalue weighted by Crippen LogP contribution is 2.32. The third-order valence-electron chi connectivity index (χ3n) is 2.48. The number of alkyl halides is 2. The molecule has 0 aromatic heterocycles. The molecule has 70 valence electrons. The van der Waals surface area contributed by atoms with E-state index in [1.807, 2.05) is 0 Å². The SMILES string of the molecule is O=C(O)[C@H]1CC[C@H](C(F)F)CC1. The molecular formula is C8H12F2O2.